The van der Waals surface area contributed by atoms with Crippen LogP contribution in [0.3, 0.4) is 0 Å². The van der Waals surface area contributed by atoms with E-state index in [1.807, 2.05) is 24.3 Å². The van der Waals surface area contributed by atoms with Gasteiger partial charge in [0.1, 0.15) is 0 Å². The molecule has 0 radical (unpaired) electrons. The number of hydrogen-bond acceptors (Lipinski definition) is 1. The molecule has 0 amide bonds. The summed E-state index contributed by atoms with van der Waals surface area (Å²) < 4.78 is 1.04. The van der Waals surface area contributed by atoms with Gasteiger partial charge in [0, 0.05) is 22.4 Å². The molecule has 3 heteroatoms. The van der Waals surface area contributed by atoms with Crippen molar-refractivity contribution in [3.63, 3.8) is 0 Å². The van der Waals surface area contributed by atoms with Gasteiger partial charge in [-0.1, -0.05) is 39.7 Å². The molecule has 0 aliphatic heterocycles. The van der Waals surface area contributed by atoms with Gasteiger partial charge in [-0.3, -0.25) is 4.98 Å². The third-order valence-corrected chi connectivity index (χ3v) is 2.73. The Labute approximate surface area is 95.9 Å². The molecule has 2 rings (SSSR count). The highest BCUT2D eigenvalue weighted by Crippen LogP contribution is 2.28. The average molecular weight is 269 g/mol. The largest absolute Gasteiger partial charge is 0.264 e. The maximum Gasteiger partial charge on any atom is 0.0515 e. The minimum atomic E-state index is 0.720. The standard InChI is InChI=1S/C11H7BrClN/c12-9-3-1-2-8(6-9)10-7-14-5-4-11(10)13/h1-7H. The van der Waals surface area contributed by atoms with Crippen LogP contribution in [-0.2, 0) is 0 Å². The Kier molecular flexibility index (Phi) is 2.85. The first-order chi connectivity index (χ1) is 6.77. The molecular weight excluding hydrogens is 261 g/mol. The van der Waals surface area contributed by atoms with Gasteiger partial charge in [0.25, 0.3) is 0 Å². The lowest BCUT2D eigenvalue weighted by Gasteiger charge is -2.03. The minimum Gasteiger partial charge on any atom is -0.264 e. The highest BCUT2D eigenvalue weighted by Gasteiger charge is 2.02. The zero-order valence-electron chi connectivity index (χ0n) is 7.24. The number of benzene rings is 1. The second-order valence-corrected chi connectivity index (χ2v) is 4.19. The number of hydrogen-bond donors (Lipinski definition) is 0. The van der Waals surface area contributed by atoms with E-state index >= 15 is 0 Å². The Morgan fingerprint density at radius 2 is 2.07 bits per heavy atom. The smallest absolute Gasteiger partial charge is 0.0515 e. The second kappa shape index (κ2) is 4.11. The van der Waals surface area contributed by atoms with Crippen molar-refractivity contribution in [1.82, 2.24) is 4.98 Å². The predicted molar refractivity (Wildman–Crippen MR) is 62.4 cm³/mol. The quantitative estimate of drug-likeness (QED) is 0.756. The number of pyridine rings is 1. The third-order valence-electron chi connectivity index (χ3n) is 1.90. The molecule has 0 N–H and O–H groups in total. The molecule has 0 fully saturated rings. The lowest BCUT2D eigenvalue weighted by atomic mass is 10.1. The summed E-state index contributed by atoms with van der Waals surface area (Å²) in [5, 5.41) is 0.720. The van der Waals surface area contributed by atoms with Gasteiger partial charge in [-0.2, -0.15) is 0 Å². The molecule has 0 saturated carbocycles. The van der Waals surface area contributed by atoms with Crippen molar-refractivity contribution in [1.29, 1.82) is 0 Å². The van der Waals surface area contributed by atoms with E-state index in [9.17, 15) is 0 Å². The topological polar surface area (TPSA) is 12.9 Å². The molecule has 0 aliphatic carbocycles. The van der Waals surface area contributed by atoms with E-state index < -0.39 is 0 Å². The summed E-state index contributed by atoms with van der Waals surface area (Å²) in [5.41, 5.74) is 2.02. The third kappa shape index (κ3) is 1.97. The van der Waals surface area contributed by atoms with Crippen LogP contribution in [-0.4, -0.2) is 4.98 Å². The van der Waals surface area contributed by atoms with Crippen molar-refractivity contribution in [2.24, 2.45) is 0 Å². The van der Waals surface area contributed by atoms with Crippen molar-refractivity contribution < 1.29 is 0 Å². The summed E-state index contributed by atoms with van der Waals surface area (Å²) in [6.45, 7) is 0. The highest BCUT2D eigenvalue weighted by molar-refractivity contribution is 9.10. The number of rotatable bonds is 1. The maximum absolute atomic E-state index is 6.06. The molecule has 1 aromatic carbocycles. The summed E-state index contributed by atoms with van der Waals surface area (Å²) in [6, 6.07) is 9.77. The number of aromatic nitrogens is 1. The number of halogens is 2. The zero-order valence-corrected chi connectivity index (χ0v) is 9.59. The van der Waals surface area contributed by atoms with Gasteiger partial charge < -0.3 is 0 Å². The molecule has 2 aromatic rings. The van der Waals surface area contributed by atoms with Crippen LogP contribution in [0.4, 0.5) is 0 Å². The zero-order chi connectivity index (χ0) is 9.97. The van der Waals surface area contributed by atoms with E-state index in [4.69, 9.17) is 11.6 Å². The van der Waals surface area contributed by atoms with Crippen LogP contribution in [0.1, 0.15) is 0 Å². The summed E-state index contributed by atoms with van der Waals surface area (Å²) >= 11 is 9.48. The fourth-order valence-electron chi connectivity index (χ4n) is 1.25. The molecule has 1 heterocycles. The normalized spacial score (nSPS) is 10.1. The molecule has 1 nitrogen and oxygen atoms in total. The minimum absolute atomic E-state index is 0.720. The van der Waals surface area contributed by atoms with Crippen LogP contribution in [0, 0.1) is 0 Å². The van der Waals surface area contributed by atoms with E-state index in [1.54, 1.807) is 18.5 Å². The van der Waals surface area contributed by atoms with Crippen molar-refractivity contribution in [2.45, 2.75) is 0 Å². The first-order valence-electron chi connectivity index (χ1n) is 4.13. The van der Waals surface area contributed by atoms with Crippen LogP contribution in [0.5, 0.6) is 0 Å². The van der Waals surface area contributed by atoms with Crippen LogP contribution < -0.4 is 0 Å². The molecule has 0 bridgehead atoms. The molecular formula is C11H7BrClN. The van der Waals surface area contributed by atoms with Gasteiger partial charge in [-0.25, -0.2) is 0 Å². The summed E-state index contributed by atoms with van der Waals surface area (Å²) in [4.78, 5) is 4.05. The highest BCUT2D eigenvalue weighted by atomic mass is 79.9. The molecule has 0 spiro atoms. The molecule has 0 saturated heterocycles. The van der Waals surface area contributed by atoms with Crippen LogP contribution >= 0.6 is 27.5 Å². The van der Waals surface area contributed by atoms with Crippen molar-refractivity contribution in [2.75, 3.05) is 0 Å². The monoisotopic (exact) mass is 267 g/mol. The van der Waals surface area contributed by atoms with Gasteiger partial charge in [0.2, 0.25) is 0 Å². The Morgan fingerprint density at radius 3 is 2.79 bits per heavy atom. The number of nitrogens with zero attached hydrogens (tertiary/aromatic N) is 1. The van der Waals surface area contributed by atoms with Crippen LogP contribution in [0.15, 0.2) is 47.2 Å². The van der Waals surface area contributed by atoms with E-state index in [-0.39, 0.29) is 0 Å². The molecule has 0 atom stereocenters. The second-order valence-electron chi connectivity index (χ2n) is 2.87. The summed E-state index contributed by atoms with van der Waals surface area (Å²) in [5.74, 6) is 0. The van der Waals surface area contributed by atoms with E-state index in [0.717, 1.165) is 20.6 Å². The first kappa shape index (κ1) is 9.69. The van der Waals surface area contributed by atoms with Crippen LogP contribution in [0.25, 0.3) is 11.1 Å². The Bertz CT molecular complexity index is 457. The molecule has 1 aromatic heterocycles. The molecule has 14 heavy (non-hydrogen) atoms. The predicted octanol–water partition coefficient (Wildman–Crippen LogP) is 4.16. The molecule has 70 valence electrons. The van der Waals surface area contributed by atoms with Gasteiger partial charge in [0.05, 0.1) is 5.02 Å². The molecule has 0 aliphatic rings. The molecule has 0 unspecified atom stereocenters. The fraction of sp³-hybridized carbons (Fsp3) is 0. The van der Waals surface area contributed by atoms with Gasteiger partial charge in [0.15, 0.2) is 0 Å². The Morgan fingerprint density at radius 1 is 1.21 bits per heavy atom. The first-order valence-corrected chi connectivity index (χ1v) is 5.30. The Balaban J connectivity index is 2.55. The van der Waals surface area contributed by atoms with E-state index in [0.29, 0.717) is 0 Å². The maximum atomic E-state index is 6.06. The fourth-order valence-corrected chi connectivity index (χ4v) is 1.86. The van der Waals surface area contributed by atoms with E-state index in [2.05, 4.69) is 20.9 Å². The SMILES string of the molecule is Clc1ccncc1-c1cccc(Br)c1. The lowest BCUT2D eigenvalue weighted by molar-refractivity contribution is 1.33. The van der Waals surface area contributed by atoms with Gasteiger partial charge in [-0.15, -0.1) is 0 Å². The van der Waals surface area contributed by atoms with Gasteiger partial charge in [-0.05, 0) is 23.8 Å². The Hall–Kier alpha value is -0.860. The van der Waals surface area contributed by atoms with E-state index in [1.165, 1.54) is 0 Å². The lowest BCUT2D eigenvalue weighted by Crippen LogP contribution is -1.80. The average Bonchev–Trinajstić information content (AvgIpc) is 2.18. The van der Waals surface area contributed by atoms with Crippen LogP contribution in [0.2, 0.25) is 5.02 Å². The van der Waals surface area contributed by atoms with Crippen molar-refractivity contribution in [3.05, 3.63) is 52.2 Å². The van der Waals surface area contributed by atoms with Gasteiger partial charge >= 0.3 is 0 Å². The van der Waals surface area contributed by atoms with Crippen molar-refractivity contribution in [3.8, 4) is 11.1 Å². The van der Waals surface area contributed by atoms with Crippen molar-refractivity contribution >= 4 is 27.5 Å². The summed E-state index contributed by atoms with van der Waals surface area (Å²) in [6.07, 6.45) is 3.45. The summed E-state index contributed by atoms with van der Waals surface area (Å²) in [7, 11) is 0.